The first-order valence-corrected chi connectivity index (χ1v) is 11.3. The number of rotatable bonds is 7. The maximum Gasteiger partial charge on any atom is 0.254 e. The second-order valence-corrected chi connectivity index (χ2v) is 8.41. The van der Waals surface area contributed by atoms with Crippen LogP contribution in [0.15, 0.2) is 84.0 Å². The van der Waals surface area contributed by atoms with Gasteiger partial charge in [-0.25, -0.2) is 4.39 Å². The monoisotopic (exact) mass is 446 g/mol. The number of thioether (sulfide) groups is 1. The Bertz CT molecular complexity index is 1230. The van der Waals surface area contributed by atoms with Crippen LogP contribution < -0.4 is 5.32 Å². The van der Waals surface area contributed by atoms with E-state index in [-0.39, 0.29) is 5.56 Å². The predicted molar refractivity (Wildman–Crippen MR) is 124 cm³/mol. The van der Waals surface area contributed by atoms with Crippen LogP contribution in [0, 0.1) is 12.7 Å². The maximum absolute atomic E-state index is 14.0. The zero-order chi connectivity index (χ0) is 22.5. The van der Waals surface area contributed by atoms with Gasteiger partial charge >= 0.3 is 0 Å². The summed E-state index contributed by atoms with van der Waals surface area (Å²) in [6.07, 6.45) is 0. The molecule has 4 aromatic rings. The minimum atomic E-state index is -0.559. The summed E-state index contributed by atoms with van der Waals surface area (Å²) in [4.78, 5) is 12.6. The average molecular weight is 447 g/mol. The van der Waals surface area contributed by atoms with Gasteiger partial charge in [-0.05, 0) is 43.7 Å². The van der Waals surface area contributed by atoms with Gasteiger partial charge in [0.25, 0.3) is 5.91 Å². The Morgan fingerprint density at radius 2 is 1.78 bits per heavy atom. The van der Waals surface area contributed by atoms with Crippen LogP contribution in [-0.2, 0) is 5.75 Å². The van der Waals surface area contributed by atoms with Crippen LogP contribution in [-0.4, -0.2) is 20.7 Å². The number of aryl methyl sites for hydroxylation is 1. The van der Waals surface area contributed by atoms with Gasteiger partial charge in [-0.1, -0.05) is 71.9 Å². The van der Waals surface area contributed by atoms with Crippen molar-refractivity contribution in [2.75, 3.05) is 0 Å². The van der Waals surface area contributed by atoms with E-state index in [1.165, 1.54) is 23.3 Å². The third-order valence-corrected chi connectivity index (χ3v) is 5.98. The van der Waals surface area contributed by atoms with E-state index in [4.69, 9.17) is 0 Å². The largest absolute Gasteiger partial charge is 0.342 e. The molecule has 1 heterocycles. The van der Waals surface area contributed by atoms with Gasteiger partial charge < -0.3 is 5.32 Å². The molecule has 5 nitrogen and oxygen atoms in total. The smallest absolute Gasteiger partial charge is 0.254 e. The molecule has 0 radical (unpaired) electrons. The molecule has 1 atom stereocenters. The zero-order valence-electron chi connectivity index (χ0n) is 17.8. The summed E-state index contributed by atoms with van der Waals surface area (Å²) in [5.41, 5.74) is 3.29. The lowest BCUT2D eigenvalue weighted by atomic mass is 10.2. The van der Waals surface area contributed by atoms with Crippen molar-refractivity contribution in [3.8, 4) is 5.69 Å². The van der Waals surface area contributed by atoms with Crippen LogP contribution in [0.25, 0.3) is 5.69 Å². The lowest BCUT2D eigenvalue weighted by Gasteiger charge is -2.16. The molecule has 162 valence electrons. The van der Waals surface area contributed by atoms with Crippen molar-refractivity contribution in [3.63, 3.8) is 0 Å². The molecule has 1 aromatic heterocycles. The Hall–Kier alpha value is -3.45. The summed E-state index contributed by atoms with van der Waals surface area (Å²) in [7, 11) is 0. The minimum Gasteiger partial charge on any atom is -0.342 e. The molecule has 32 heavy (non-hydrogen) atoms. The molecule has 0 saturated heterocycles. The molecular formula is C25H23FN4OS. The Balaban J connectivity index is 1.61. The van der Waals surface area contributed by atoms with Crippen molar-refractivity contribution in [1.29, 1.82) is 0 Å². The highest BCUT2D eigenvalue weighted by Crippen LogP contribution is 2.28. The van der Waals surface area contributed by atoms with Gasteiger partial charge in [0.1, 0.15) is 5.82 Å². The fraction of sp³-hybridized carbons (Fsp3) is 0.160. The third kappa shape index (κ3) is 4.89. The second kappa shape index (κ2) is 9.78. The number of hydrogen-bond acceptors (Lipinski definition) is 4. The first-order valence-electron chi connectivity index (χ1n) is 10.3. The van der Waals surface area contributed by atoms with Gasteiger partial charge in [0.2, 0.25) is 0 Å². The molecule has 0 aliphatic rings. The van der Waals surface area contributed by atoms with Gasteiger partial charge in [0.05, 0.1) is 11.6 Å². The van der Waals surface area contributed by atoms with Crippen LogP contribution in [0.4, 0.5) is 4.39 Å². The second-order valence-electron chi connectivity index (χ2n) is 7.46. The van der Waals surface area contributed by atoms with Crippen molar-refractivity contribution in [2.24, 2.45) is 0 Å². The molecule has 0 bridgehead atoms. The summed E-state index contributed by atoms with van der Waals surface area (Å²) >= 11 is 1.58. The van der Waals surface area contributed by atoms with Gasteiger partial charge in [0, 0.05) is 11.4 Å². The summed E-state index contributed by atoms with van der Waals surface area (Å²) in [6.45, 7) is 3.88. The fourth-order valence-electron chi connectivity index (χ4n) is 3.41. The van der Waals surface area contributed by atoms with Gasteiger partial charge in [0.15, 0.2) is 11.0 Å². The highest BCUT2D eigenvalue weighted by atomic mass is 32.2. The minimum absolute atomic E-state index is 0.000766. The van der Waals surface area contributed by atoms with E-state index in [1.54, 1.807) is 23.9 Å². The number of nitrogens with one attached hydrogen (secondary N) is 1. The lowest BCUT2D eigenvalue weighted by molar-refractivity contribution is 0.0934. The molecule has 1 amide bonds. The molecule has 0 spiro atoms. The predicted octanol–water partition coefficient (Wildman–Crippen LogP) is 5.50. The molecule has 1 unspecified atom stereocenters. The van der Waals surface area contributed by atoms with Gasteiger partial charge in [-0.2, -0.15) is 0 Å². The Morgan fingerprint density at radius 3 is 2.53 bits per heavy atom. The molecule has 3 aromatic carbocycles. The molecule has 7 heteroatoms. The number of hydrogen-bond donors (Lipinski definition) is 1. The van der Waals surface area contributed by atoms with E-state index in [0.717, 1.165) is 16.6 Å². The first kappa shape index (κ1) is 21.8. The Morgan fingerprint density at radius 1 is 1.03 bits per heavy atom. The van der Waals surface area contributed by atoms with Crippen LogP contribution in [0.5, 0.6) is 0 Å². The van der Waals surface area contributed by atoms with E-state index in [2.05, 4.69) is 40.6 Å². The standard InChI is InChI=1S/C25H23FN4OS/c1-17-9-8-10-19(15-17)16-32-25-29-28-23(30(25)20-11-4-3-5-12-20)18(2)27-24(31)21-13-6-7-14-22(21)26/h3-15,18H,16H2,1-2H3,(H,27,31). The fourth-order valence-corrected chi connectivity index (χ4v) is 4.31. The van der Waals surface area contributed by atoms with Crippen LogP contribution in [0.2, 0.25) is 0 Å². The van der Waals surface area contributed by atoms with E-state index >= 15 is 0 Å². The van der Waals surface area contributed by atoms with Crippen LogP contribution in [0.3, 0.4) is 0 Å². The van der Waals surface area contributed by atoms with E-state index in [0.29, 0.717) is 5.82 Å². The maximum atomic E-state index is 14.0. The van der Waals surface area contributed by atoms with Crippen LogP contribution >= 0.6 is 11.8 Å². The number of aromatic nitrogens is 3. The van der Waals surface area contributed by atoms with E-state index in [1.807, 2.05) is 47.9 Å². The number of carbonyl (C=O) groups is 1. The molecule has 0 fully saturated rings. The highest BCUT2D eigenvalue weighted by molar-refractivity contribution is 7.98. The average Bonchev–Trinajstić information content (AvgIpc) is 3.23. The summed E-state index contributed by atoms with van der Waals surface area (Å²) in [5, 5.41) is 12.3. The number of amides is 1. The first-order chi connectivity index (χ1) is 15.5. The number of nitrogens with zero attached hydrogens (tertiary/aromatic N) is 3. The quantitative estimate of drug-likeness (QED) is 0.381. The van der Waals surface area contributed by atoms with Crippen molar-refractivity contribution < 1.29 is 9.18 Å². The summed E-state index contributed by atoms with van der Waals surface area (Å²) in [6, 6.07) is 23.5. The van der Waals surface area contributed by atoms with Crippen molar-refractivity contribution in [3.05, 3.63) is 107 Å². The van der Waals surface area contributed by atoms with E-state index < -0.39 is 17.8 Å². The van der Waals surface area contributed by atoms with Crippen molar-refractivity contribution in [2.45, 2.75) is 30.8 Å². The normalized spacial score (nSPS) is 11.8. The van der Waals surface area contributed by atoms with Crippen molar-refractivity contribution in [1.82, 2.24) is 20.1 Å². The SMILES string of the molecule is Cc1cccc(CSc2nnc(C(C)NC(=O)c3ccccc3F)n2-c2ccccc2)c1. The molecule has 0 aliphatic heterocycles. The van der Waals surface area contributed by atoms with E-state index in [9.17, 15) is 9.18 Å². The molecule has 1 N–H and O–H groups in total. The Labute approximate surface area is 190 Å². The number of carbonyl (C=O) groups excluding carboxylic acids is 1. The lowest BCUT2D eigenvalue weighted by Crippen LogP contribution is -2.29. The van der Waals surface area contributed by atoms with Crippen molar-refractivity contribution >= 4 is 17.7 Å². The molecule has 0 aliphatic carbocycles. The summed E-state index contributed by atoms with van der Waals surface area (Å²) in [5.74, 6) is 0.263. The number of halogens is 1. The van der Waals surface area contributed by atoms with Gasteiger partial charge in [-0.15, -0.1) is 10.2 Å². The Kier molecular flexibility index (Phi) is 6.66. The highest BCUT2D eigenvalue weighted by Gasteiger charge is 2.22. The summed E-state index contributed by atoms with van der Waals surface area (Å²) < 4.78 is 16.0. The number of benzene rings is 3. The number of para-hydroxylation sites is 1. The third-order valence-electron chi connectivity index (χ3n) is 4.98. The van der Waals surface area contributed by atoms with Gasteiger partial charge in [-0.3, -0.25) is 9.36 Å². The zero-order valence-corrected chi connectivity index (χ0v) is 18.6. The molecule has 4 rings (SSSR count). The molecular weight excluding hydrogens is 423 g/mol. The molecule has 0 saturated carbocycles. The van der Waals surface area contributed by atoms with Crippen LogP contribution in [0.1, 0.15) is 40.3 Å². The topological polar surface area (TPSA) is 59.8 Å².